The summed E-state index contributed by atoms with van der Waals surface area (Å²) in [5.74, 6) is -1.00. The van der Waals surface area contributed by atoms with Gasteiger partial charge in [-0.3, -0.25) is 4.79 Å². The van der Waals surface area contributed by atoms with E-state index in [9.17, 15) is 17.6 Å². The second-order valence-corrected chi connectivity index (χ2v) is 6.45. The zero-order valence-electron chi connectivity index (χ0n) is 11.8. The topological polar surface area (TPSA) is 80.5 Å². The third kappa shape index (κ3) is 4.01. The first-order chi connectivity index (χ1) is 9.16. The molecule has 1 aromatic rings. The molecular weight excluding hydrogens is 283 g/mol. The Morgan fingerprint density at radius 3 is 2.45 bits per heavy atom. The van der Waals surface area contributed by atoms with Crippen LogP contribution < -0.4 is 5.14 Å². The van der Waals surface area contributed by atoms with Gasteiger partial charge in [-0.15, -0.1) is 0 Å². The van der Waals surface area contributed by atoms with Gasteiger partial charge < -0.3 is 4.90 Å². The van der Waals surface area contributed by atoms with Crippen LogP contribution in [0.2, 0.25) is 0 Å². The van der Waals surface area contributed by atoms with Crippen LogP contribution in [0, 0.1) is 11.7 Å². The molecule has 0 fully saturated rings. The molecule has 0 spiro atoms. The van der Waals surface area contributed by atoms with E-state index in [-0.39, 0.29) is 16.4 Å². The fourth-order valence-corrected chi connectivity index (χ4v) is 2.59. The van der Waals surface area contributed by atoms with Crippen LogP contribution in [0.25, 0.3) is 0 Å². The second kappa shape index (κ2) is 6.32. The zero-order chi connectivity index (χ0) is 15.5. The van der Waals surface area contributed by atoms with Crippen molar-refractivity contribution in [2.45, 2.75) is 25.7 Å². The molecule has 1 aromatic carbocycles. The first-order valence-corrected chi connectivity index (χ1v) is 7.83. The number of benzene rings is 1. The Bertz CT molecular complexity index is 600. The van der Waals surface area contributed by atoms with E-state index in [0.717, 1.165) is 18.2 Å². The van der Waals surface area contributed by atoms with Gasteiger partial charge in [0.2, 0.25) is 10.0 Å². The Morgan fingerprint density at radius 1 is 1.40 bits per heavy atom. The molecule has 0 saturated heterocycles. The molecular formula is C13H19FN2O3S. The maximum absolute atomic E-state index is 13.3. The molecule has 0 aliphatic carbocycles. The molecule has 2 N–H and O–H groups in total. The number of hydrogen-bond donors (Lipinski definition) is 1. The maximum atomic E-state index is 13.3. The Kier molecular flexibility index (Phi) is 5.24. The average molecular weight is 302 g/mol. The summed E-state index contributed by atoms with van der Waals surface area (Å²) in [5, 5.41) is 5.07. The van der Waals surface area contributed by atoms with Gasteiger partial charge in [0.25, 0.3) is 5.91 Å². The third-order valence-electron chi connectivity index (χ3n) is 2.73. The van der Waals surface area contributed by atoms with Gasteiger partial charge in [-0.25, -0.2) is 17.9 Å². The van der Waals surface area contributed by atoms with Crippen molar-refractivity contribution in [2.75, 3.05) is 13.1 Å². The fourth-order valence-electron chi connectivity index (χ4n) is 1.88. The number of nitrogens with two attached hydrogens (primary N) is 1. The number of carbonyl (C=O) groups excluding carboxylic acids is 1. The number of halogens is 1. The Hall–Kier alpha value is -1.47. The van der Waals surface area contributed by atoms with Gasteiger partial charge in [-0.05, 0) is 31.0 Å². The predicted octanol–water partition coefficient (Wildman–Crippen LogP) is 1.59. The number of primary sulfonamides is 1. The highest BCUT2D eigenvalue weighted by molar-refractivity contribution is 7.89. The molecule has 0 atom stereocenters. The van der Waals surface area contributed by atoms with Crippen LogP contribution in [0.5, 0.6) is 0 Å². The molecule has 0 saturated carbocycles. The van der Waals surface area contributed by atoms with Gasteiger partial charge >= 0.3 is 0 Å². The lowest BCUT2D eigenvalue weighted by Crippen LogP contribution is -2.35. The summed E-state index contributed by atoms with van der Waals surface area (Å²) in [4.78, 5) is 13.5. The van der Waals surface area contributed by atoms with Crippen LogP contribution in [0.4, 0.5) is 4.39 Å². The molecule has 1 amide bonds. The molecule has 112 valence electrons. The molecule has 0 radical (unpaired) electrons. The average Bonchev–Trinajstić information content (AvgIpc) is 2.33. The summed E-state index contributed by atoms with van der Waals surface area (Å²) in [6.07, 6.45) is 0. The summed E-state index contributed by atoms with van der Waals surface area (Å²) in [6, 6.07) is 2.89. The van der Waals surface area contributed by atoms with E-state index in [1.54, 1.807) is 6.92 Å². The van der Waals surface area contributed by atoms with Crippen LogP contribution in [-0.2, 0) is 10.0 Å². The Labute approximate surface area is 118 Å². The normalized spacial score (nSPS) is 11.7. The zero-order valence-corrected chi connectivity index (χ0v) is 12.6. The van der Waals surface area contributed by atoms with Gasteiger partial charge in [0, 0.05) is 13.1 Å². The molecule has 0 aliphatic heterocycles. The van der Waals surface area contributed by atoms with Gasteiger partial charge in [0.1, 0.15) is 5.82 Å². The number of sulfonamides is 1. The number of carbonyl (C=O) groups is 1. The quantitative estimate of drug-likeness (QED) is 0.897. The van der Waals surface area contributed by atoms with Crippen molar-refractivity contribution in [2.24, 2.45) is 11.1 Å². The van der Waals surface area contributed by atoms with Crippen LogP contribution >= 0.6 is 0 Å². The van der Waals surface area contributed by atoms with E-state index in [2.05, 4.69) is 0 Å². The minimum Gasteiger partial charge on any atom is -0.339 e. The van der Waals surface area contributed by atoms with E-state index in [0.29, 0.717) is 13.1 Å². The second-order valence-electron chi connectivity index (χ2n) is 4.92. The molecule has 7 heteroatoms. The van der Waals surface area contributed by atoms with Gasteiger partial charge in [0.15, 0.2) is 0 Å². The SMILES string of the molecule is CCN(CC(C)C)C(=O)c1cc(F)ccc1S(N)(=O)=O. The molecule has 20 heavy (non-hydrogen) atoms. The van der Waals surface area contributed by atoms with E-state index >= 15 is 0 Å². The molecule has 0 aromatic heterocycles. The van der Waals surface area contributed by atoms with Crippen LogP contribution in [0.3, 0.4) is 0 Å². The lowest BCUT2D eigenvalue weighted by atomic mass is 10.1. The highest BCUT2D eigenvalue weighted by Gasteiger charge is 2.24. The predicted molar refractivity (Wildman–Crippen MR) is 74.2 cm³/mol. The monoisotopic (exact) mass is 302 g/mol. The summed E-state index contributed by atoms with van der Waals surface area (Å²) >= 11 is 0. The van der Waals surface area contributed by atoms with Crippen molar-refractivity contribution >= 4 is 15.9 Å². The molecule has 0 heterocycles. The number of hydrogen-bond acceptors (Lipinski definition) is 3. The first-order valence-electron chi connectivity index (χ1n) is 6.28. The van der Waals surface area contributed by atoms with Crippen molar-refractivity contribution in [1.29, 1.82) is 0 Å². The van der Waals surface area contributed by atoms with Gasteiger partial charge in [0.05, 0.1) is 10.5 Å². The fraction of sp³-hybridized carbons (Fsp3) is 0.462. The highest BCUT2D eigenvalue weighted by atomic mass is 32.2. The maximum Gasteiger partial charge on any atom is 0.255 e. The standard InChI is InChI=1S/C13H19FN2O3S/c1-4-16(8-9(2)3)13(17)11-7-10(14)5-6-12(11)20(15,18)19/h5-7,9H,4,8H2,1-3H3,(H2,15,18,19). The van der Waals surface area contributed by atoms with Crippen molar-refractivity contribution in [1.82, 2.24) is 4.90 Å². The molecule has 1 rings (SSSR count). The summed E-state index contributed by atoms with van der Waals surface area (Å²) < 4.78 is 36.3. The van der Waals surface area contributed by atoms with Crippen molar-refractivity contribution in [3.8, 4) is 0 Å². The molecule has 0 aliphatic rings. The third-order valence-corrected chi connectivity index (χ3v) is 3.70. The largest absolute Gasteiger partial charge is 0.339 e. The summed E-state index contributed by atoms with van der Waals surface area (Å²) in [7, 11) is -4.08. The number of amides is 1. The molecule has 5 nitrogen and oxygen atoms in total. The van der Waals surface area contributed by atoms with E-state index in [1.807, 2.05) is 13.8 Å². The highest BCUT2D eigenvalue weighted by Crippen LogP contribution is 2.18. The number of rotatable bonds is 5. The smallest absolute Gasteiger partial charge is 0.255 e. The Morgan fingerprint density at radius 2 is 2.00 bits per heavy atom. The van der Waals surface area contributed by atoms with E-state index < -0.39 is 21.7 Å². The lowest BCUT2D eigenvalue weighted by Gasteiger charge is -2.23. The van der Waals surface area contributed by atoms with Crippen molar-refractivity contribution in [3.05, 3.63) is 29.6 Å². The molecule has 0 unspecified atom stereocenters. The summed E-state index contributed by atoms with van der Waals surface area (Å²) in [5.41, 5.74) is -0.227. The van der Waals surface area contributed by atoms with Gasteiger partial charge in [-0.1, -0.05) is 13.8 Å². The lowest BCUT2D eigenvalue weighted by molar-refractivity contribution is 0.0741. The minimum absolute atomic E-state index is 0.213. The first kappa shape index (κ1) is 16.6. The number of nitrogens with zero attached hydrogens (tertiary/aromatic N) is 1. The van der Waals surface area contributed by atoms with Crippen molar-refractivity contribution in [3.63, 3.8) is 0 Å². The van der Waals surface area contributed by atoms with Crippen LogP contribution in [0.1, 0.15) is 31.1 Å². The van der Waals surface area contributed by atoms with Crippen molar-refractivity contribution < 1.29 is 17.6 Å². The Balaban J connectivity index is 3.30. The van der Waals surface area contributed by atoms with Crippen LogP contribution in [-0.4, -0.2) is 32.3 Å². The molecule has 0 bridgehead atoms. The van der Waals surface area contributed by atoms with E-state index in [1.165, 1.54) is 4.90 Å². The summed E-state index contributed by atoms with van der Waals surface area (Å²) in [6.45, 7) is 6.49. The van der Waals surface area contributed by atoms with Crippen LogP contribution in [0.15, 0.2) is 23.1 Å². The van der Waals surface area contributed by atoms with E-state index in [4.69, 9.17) is 5.14 Å². The van der Waals surface area contributed by atoms with Gasteiger partial charge in [-0.2, -0.15) is 0 Å². The minimum atomic E-state index is -4.08.